The molecule has 0 saturated carbocycles. The number of carbonyl (C=O) groups is 1. The van der Waals surface area contributed by atoms with Crippen LogP contribution in [0.2, 0.25) is 0 Å². The minimum atomic E-state index is -3.64. The van der Waals surface area contributed by atoms with Gasteiger partial charge in [0, 0.05) is 38.9 Å². The lowest BCUT2D eigenvalue weighted by atomic mass is 10.1. The highest BCUT2D eigenvalue weighted by Crippen LogP contribution is 2.23. The van der Waals surface area contributed by atoms with Gasteiger partial charge in [-0.2, -0.15) is 4.31 Å². The number of benzene rings is 1. The van der Waals surface area contributed by atoms with Gasteiger partial charge in [-0.1, -0.05) is 13.8 Å². The molecule has 0 aliphatic carbocycles. The maximum Gasteiger partial charge on any atom is 0.332 e. The Labute approximate surface area is 185 Å². The highest BCUT2D eigenvalue weighted by molar-refractivity contribution is 7.89. The molecule has 1 amide bonds. The summed E-state index contributed by atoms with van der Waals surface area (Å²) >= 11 is 0. The van der Waals surface area contributed by atoms with Crippen molar-refractivity contribution in [2.45, 2.75) is 25.7 Å². The number of nitrogens with one attached hydrogen (secondary N) is 1. The summed E-state index contributed by atoms with van der Waals surface area (Å²) in [6.45, 7) is 5.88. The van der Waals surface area contributed by atoms with Gasteiger partial charge in [-0.05, 0) is 36.8 Å². The summed E-state index contributed by atoms with van der Waals surface area (Å²) in [4.78, 5) is 42.1. The molecule has 0 saturated heterocycles. The second-order valence-electron chi connectivity index (χ2n) is 7.29. The van der Waals surface area contributed by atoms with E-state index in [-0.39, 0.29) is 27.2 Å². The number of aromatic nitrogens is 3. The number of fused-ring (bicyclic) bond motifs is 1. The molecule has 3 aromatic rings. The Morgan fingerprint density at radius 3 is 2.22 bits per heavy atom. The summed E-state index contributed by atoms with van der Waals surface area (Å²) < 4.78 is 28.8. The number of hydrogen-bond acceptors (Lipinski definition) is 6. The van der Waals surface area contributed by atoms with Crippen molar-refractivity contribution in [2.75, 3.05) is 18.4 Å². The number of carbonyl (C=O) groups excluding carboxylic acids is 1. The van der Waals surface area contributed by atoms with E-state index in [0.29, 0.717) is 18.7 Å². The average Bonchev–Trinajstić information content (AvgIpc) is 2.78. The van der Waals surface area contributed by atoms with Gasteiger partial charge < -0.3 is 5.32 Å². The van der Waals surface area contributed by atoms with Crippen molar-refractivity contribution < 1.29 is 13.2 Å². The van der Waals surface area contributed by atoms with Gasteiger partial charge in [-0.25, -0.2) is 18.2 Å². The van der Waals surface area contributed by atoms with E-state index in [4.69, 9.17) is 0 Å². The molecule has 1 aromatic carbocycles. The van der Waals surface area contributed by atoms with Crippen LogP contribution in [0.1, 0.15) is 29.8 Å². The molecular formula is C21H25N5O5S. The van der Waals surface area contributed by atoms with Gasteiger partial charge in [0.2, 0.25) is 10.0 Å². The predicted octanol–water partition coefficient (Wildman–Crippen LogP) is 1.22. The summed E-state index contributed by atoms with van der Waals surface area (Å²) in [5.74, 6) is -0.525. The van der Waals surface area contributed by atoms with Crippen LogP contribution in [-0.4, -0.2) is 45.8 Å². The van der Waals surface area contributed by atoms with Crippen LogP contribution in [0.15, 0.2) is 44.9 Å². The van der Waals surface area contributed by atoms with Crippen LogP contribution in [0.4, 0.5) is 5.69 Å². The Morgan fingerprint density at radius 2 is 1.66 bits per heavy atom. The Hall–Kier alpha value is -3.31. The van der Waals surface area contributed by atoms with Gasteiger partial charge in [-0.3, -0.25) is 18.7 Å². The molecule has 3 rings (SSSR count). The third kappa shape index (κ3) is 3.84. The number of hydrogen-bond donors (Lipinski definition) is 1. The smallest absolute Gasteiger partial charge is 0.321 e. The van der Waals surface area contributed by atoms with Crippen molar-refractivity contribution in [1.29, 1.82) is 0 Å². The largest absolute Gasteiger partial charge is 0.332 e. The molecule has 0 unspecified atom stereocenters. The second kappa shape index (κ2) is 8.67. The van der Waals surface area contributed by atoms with Crippen LogP contribution in [0.5, 0.6) is 0 Å². The van der Waals surface area contributed by atoms with E-state index >= 15 is 0 Å². The van der Waals surface area contributed by atoms with Crippen LogP contribution in [0.25, 0.3) is 11.0 Å². The van der Waals surface area contributed by atoms with E-state index in [9.17, 15) is 22.8 Å². The van der Waals surface area contributed by atoms with Crippen LogP contribution >= 0.6 is 0 Å². The van der Waals surface area contributed by atoms with Crippen molar-refractivity contribution in [3.05, 3.63) is 62.4 Å². The molecule has 170 valence electrons. The minimum absolute atomic E-state index is 0.0900. The van der Waals surface area contributed by atoms with Crippen molar-refractivity contribution in [3.8, 4) is 0 Å². The molecule has 1 N–H and O–H groups in total. The molecule has 0 aliphatic heterocycles. The van der Waals surface area contributed by atoms with E-state index in [1.165, 1.54) is 53.4 Å². The standard InChI is InChI=1S/C21H25N5O5S/c1-6-26(7-2)32(30,31)15-10-8-14(9-11-15)19(27)23-17-13(3)12-22-18-16(17)20(28)25(5)21(29)24(18)4/h8-12H,6-7H2,1-5H3,(H,22,23,27). The second-order valence-corrected chi connectivity index (χ2v) is 9.23. The van der Waals surface area contributed by atoms with Gasteiger partial charge in [0.15, 0.2) is 5.65 Å². The Bertz CT molecular complexity index is 1420. The number of anilines is 1. The van der Waals surface area contributed by atoms with Crippen molar-refractivity contribution in [2.24, 2.45) is 14.1 Å². The number of nitrogens with zero attached hydrogens (tertiary/aromatic N) is 4. The fourth-order valence-corrected chi connectivity index (χ4v) is 4.92. The van der Waals surface area contributed by atoms with Gasteiger partial charge in [-0.15, -0.1) is 0 Å². The summed E-state index contributed by atoms with van der Waals surface area (Å²) in [6.07, 6.45) is 1.47. The Morgan fingerprint density at radius 1 is 1.06 bits per heavy atom. The summed E-state index contributed by atoms with van der Waals surface area (Å²) in [5.41, 5.74) is 0.0592. The lowest BCUT2D eigenvalue weighted by Gasteiger charge is -2.18. The van der Waals surface area contributed by atoms with Gasteiger partial charge in [0.1, 0.15) is 5.39 Å². The van der Waals surface area contributed by atoms with Crippen LogP contribution < -0.4 is 16.6 Å². The zero-order chi connectivity index (χ0) is 23.8. The molecule has 0 atom stereocenters. The molecular weight excluding hydrogens is 434 g/mol. The van der Waals surface area contributed by atoms with Crippen molar-refractivity contribution >= 4 is 32.7 Å². The maximum atomic E-state index is 12.9. The zero-order valence-corrected chi connectivity index (χ0v) is 19.4. The van der Waals surface area contributed by atoms with Gasteiger partial charge in [0.25, 0.3) is 11.5 Å². The normalized spacial score (nSPS) is 11.8. The predicted molar refractivity (Wildman–Crippen MR) is 121 cm³/mol. The molecule has 10 nitrogen and oxygen atoms in total. The topological polar surface area (TPSA) is 123 Å². The lowest BCUT2D eigenvalue weighted by Crippen LogP contribution is -2.37. The van der Waals surface area contributed by atoms with E-state index in [1.807, 2.05) is 0 Å². The number of aryl methyl sites for hydroxylation is 2. The summed E-state index contributed by atoms with van der Waals surface area (Å²) in [6, 6.07) is 5.59. The van der Waals surface area contributed by atoms with E-state index in [0.717, 1.165) is 4.57 Å². The number of sulfonamides is 1. The minimum Gasteiger partial charge on any atom is -0.321 e. The maximum absolute atomic E-state index is 12.9. The third-order valence-electron chi connectivity index (χ3n) is 5.36. The fraction of sp³-hybridized carbons (Fsp3) is 0.333. The molecule has 0 fully saturated rings. The highest BCUT2D eigenvalue weighted by atomic mass is 32.2. The third-order valence-corrected chi connectivity index (χ3v) is 7.42. The average molecular weight is 460 g/mol. The first-order valence-electron chi connectivity index (χ1n) is 10.0. The molecule has 0 spiro atoms. The molecule has 0 bridgehead atoms. The lowest BCUT2D eigenvalue weighted by molar-refractivity contribution is 0.102. The SMILES string of the molecule is CCN(CC)S(=O)(=O)c1ccc(C(=O)Nc2c(C)cnc3c2c(=O)n(C)c(=O)n3C)cc1. The van der Waals surface area contributed by atoms with E-state index in [2.05, 4.69) is 10.3 Å². The number of amides is 1. The van der Waals surface area contributed by atoms with Gasteiger partial charge >= 0.3 is 5.69 Å². The Balaban J connectivity index is 2.02. The quantitative estimate of drug-likeness (QED) is 0.591. The molecule has 2 aromatic heterocycles. The highest BCUT2D eigenvalue weighted by Gasteiger charge is 2.22. The first-order valence-corrected chi connectivity index (χ1v) is 11.4. The summed E-state index contributed by atoms with van der Waals surface area (Å²) in [5, 5.41) is 2.83. The molecule has 32 heavy (non-hydrogen) atoms. The van der Waals surface area contributed by atoms with Crippen molar-refractivity contribution in [1.82, 2.24) is 18.4 Å². The Kier molecular flexibility index (Phi) is 6.33. The van der Waals surface area contributed by atoms with E-state index in [1.54, 1.807) is 20.8 Å². The molecule has 0 aliphatic rings. The van der Waals surface area contributed by atoms with Crippen LogP contribution in [-0.2, 0) is 24.1 Å². The fourth-order valence-electron chi connectivity index (χ4n) is 3.46. The zero-order valence-electron chi connectivity index (χ0n) is 18.5. The number of rotatable bonds is 6. The first kappa shape index (κ1) is 23.4. The molecule has 0 radical (unpaired) electrons. The van der Waals surface area contributed by atoms with Gasteiger partial charge in [0.05, 0.1) is 10.6 Å². The summed E-state index contributed by atoms with van der Waals surface area (Å²) in [7, 11) is -0.793. The molecule has 11 heteroatoms. The van der Waals surface area contributed by atoms with E-state index < -0.39 is 27.2 Å². The first-order chi connectivity index (χ1) is 15.0. The monoisotopic (exact) mass is 459 g/mol. The number of pyridine rings is 1. The van der Waals surface area contributed by atoms with Crippen LogP contribution in [0, 0.1) is 6.92 Å². The van der Waals surface area contributed by atoms with Crippen molar-refractivity contribution in [3.63, 3.8) is 0 Å². The van der Waals surface area contributed by atoms with Crippen LogP contribution in [0.3, 0.4) is 0 Å². The molecule has 2 heterocycles.